The molecule has 1 N–H and O–H groups in total. The zero-order chi connectivity index (χ0) is 13.2. The van der Waals surface area contributed by atoms with Crippen molar-refractivity contribution in [2.24, 2.45) is 7.05 Å². The summed E-state index contributed by atoms with van der Waals surface area (Å²) in [7, 11) is 1.88. The number of epoxide rings is 1. The molecular weight excluding hydrogens is 242 g/mol. The first-order valence-corrected chi connectivity index (χ1v) is 6.21. The van der Waals surface area contributed by atoms with Gasteiger partial charge in [-0.25, -0.2) is 0 Å². The van der Waals surface area contributed by atoms with Gasteiger partial charge in [0.25, 0.3) is 5.91 Å². The van der Waals surface area contributed by atoms with Crippen molar-refractivity contribution in [2.75, 3.05) is 6.61 Å². The number of amides is 1. The lowest BCUT2D eigenvalue weighted by atomic mass is 10.1. The molecule has 5 heteroatoms. The molecule has 1 saturated heterocycles. The van der Waals surface area contributed by atoms with Crippen molar-refractivity contribution in [3.8, 4) is 11.3 Å². The van der Waals surface area contributed by atoms with Crippen molar-refractivity contribution >= 4 is 5.91 Å². The van der Waals surface area contributed by atoms with Crippen LogP contribution in [0.3, 0.4) is 0 Å². The van der Waals surface area contributed by atoms with E-state index in [1.54, 1.807) is 4.68 Å². The van der Waals surface area contributed by atoms with Crippen LogP contribution in [0.25, 0.3) is 11.3 Å². The zero-order valence-electron chi connectivity index (χ0n) is 10.7. The van der Waals surface area contributed by atoms with Crippen LogP contribution >= 0.6 is 0 Å². The summed E-state index contributed by atoms with van der Waals surface area (Å²) in [6, 6.07) is 9.95. The summed E-state index contributed by atoms with van der Waals surface area (Å²) in [5, 5.41) is 7.32. The first-order chi connectivity index (χ1) is 9.24. The van der Waals surface area contributed by atoms with E-state index in [1.165, 1.54) is 0 Å². The average Bonchev–Trinajstić information content (AvgIpc) is 3.21. The maximum absolute atomic E-state index is 11.6. The minimum atomic E-state index is -0.253. The number of hydrogen-bond donors (Lipinski definition) is 1. The van der Waals surface area contributed by atoms with Crippen LogP contribution < -0.4 is 5.32 Å². The molecule has 1 aromatic carbocycles. The summed E-state index contributed by atoms with van der Waals surface area (Å²) in [5.41, 5.74) is 2.96. The molecular formula is C14H15N3O2. The van der Waals surface area contributed by atoms with Crippen LogP contribution in [-0.4, -0.2) is 28.4 Å². The smallest absolute Gasteiger partial charge is 0.251 e. The lowest BCUT2D eigenvalue weighted by molar-refractivity contribution is -0.122. The number of nitrogens with zero attached hydrogens (tertiary/aromatic N) is 2. The molecule has 5 nitrogen and oxygen atoms in total. The highest BCUT2D eigenvalue weighted by atomic mass is 16.6. The van der Waals surface area contributed by atoms with E-state index in [2.05, 4.69) is 10.4 Å². The van der Waals surface area contributed by atoms with Gasteiger partial charge >= 0.3 is 0 Å². The highest BCUT2D eigenvalue weighted by Gasteiger charge is 2.31. The molecule has 0 radical (unpaired) electrons. The van der Waals surface area contributed by atoms with Gasteiger partial charge in [0.2, 0.25) is 0 Å². The van der Waals surface area contributed by atoms with Gasteiger partial charge in [0.05, 0.1) is 12.3 Å². The number of benzene rings is 1. The zero-order valence-corrected chi connectivity index (χ0v) is 10.7. The maximum Gasteiger partial charge on any atom is 0.251 e. The van der Waals surface area contributed by atoms with Gasteiger partial charge in [-0.2, -0.15) is 5.10 Å². The van der Waals surface area contributed by atoms with Crippen molar-refractivity contribution in [1.29, 1.82) is 0 Å². The van der Waals surface area contributed by atoms with Crippen molar-refractivity contribution in [3.05, 3.63) is 42.1 Å². The Morgan fingerprint density at radius 3 is 2.89 bits per heavy atom. The Balaban J connectivity index is 1.79. The van der Waals surface area contributed by atoms with E-state index in [1.807, 2.05) is 43.6 Å². The van der Waals surface area contributed by atoms with Crippen molar-refractivity contribution in [3.63, 3.8) is 0 Å². The third-order valence-corrected chi connectivity index (χ3v) is 3.03. The van der Waals surface area contributed by atoms with Crippen LogP contribution in [-0.2, 0) is 23.1 Å². The largest absolute Gasteiger partial charge is 0.363 e. The number of nitrogens with one attached hydrogen (secondary N) is 1. The molecule has 1 unspecified atom stereocenters. The predicted molar refractivity (Wildman–Crippen MR) is 70.2 cm³/mol. The van der Waals surface area contributed by atoms with Gasteiger partial charge in [-0.3, -0.25) is 9.48 Å². The highest BCUT2D eigenvalue weighted by molar-refractivity contribution is 5.83. The lowest BCUT2D eigenvalue weighted by Gasteiger charge is -2.04. The molecule has 1 aromatic heterocycles. The first kappa shape index (κ1) is 11.9. The molecule has 2 heterocycles. The highest BCUT2D eigenvalue weighted by Crippen LogP contribution is 2.21. The molecule has 1 amide bonds. The van der Waals surface area contributed by atoms with E-state index < -0.39 is 0 Å². The molecule has 1 aliphatic heterocycles. The van der Waals surface area contributed by atoms with E-state index in [0.29, 0.717) is 13.2 Å². The lowest BCUT2D eigenvalue weighted by Crippen LogP contribution is -2.27. The molecule has 0 aliphatic carbocycles. The van der Waals surface area contributed by atoms with E-state index in [4.69, 9.17) is 4.74 Å². The second kappa shape index (κ2) is 4.85. The van der Waals surface area contributed by atoms with Crippen molar-refractivity contribution in [1.82, 2.24) is 15.1 Å². The maximum atomic E-state index is 11.6. The number of rotatable bonds is 4. The second-order valence-electron chi connectivity index (χ2n) is 4.58. The number of aromatic nitrogens is 2. The van der Waals surface area contributed by atoms with Gasteiger partial charge in [-0.1, -0.05) is 30.3 Å². The summed E-state index contributed by atoms with van der Waals surface area (Å²) in [5.74, 6) is -0.0529. The first-order valence-electron chi connectivity index (χ1n) is 6.21. The summed E-state index contributed by atoms with van der Waals surface area (Å²) in [6.07, 6.45) is 1.67. The number of ether oxygens (including phenoxy) is 1. The molecule has 1 aliphatic rings. The van der Waals surface area contributed by atoms with Gasteiger partial charge in [-0.05, 0) is 0 Å². The van der Waals surface area contributed by atoms with E-state index in [-0.39, 0.29) is 12.0 Å². The van der Waals surface area contributed by atoms with Crippen molar-refractivity contribution < 1.29 is 9.53 Å². The Morgan fingerprint density at radius 1 is 1.47 bits per heavy atom. The van der Waals surface area contributed by atoms with E-state index in [9.17, 15) is 4.79 Å². The Labute approximate surface area is 111 Å². The SMILES string of the molecule is Cn1cc(CNC(=O)C2CO2)c(-c2ccccc2)n1. The van der Waals surface area contributed by atoms with E-state index >= 15 is 0 Å². The number of hydrogen-bond acceptors (Lipinski definition) is 3. The van der Waals surface area contributed by atoms with Crippen LogP contribution in [0.4, 0.5) is 0 Å². The fraction of sp³-hybridized carbons (Fsp3) is 0.286. The summed E-state index contributed by atoms with van der Waals surface area (Å²) in [4.78, 5) is 11.6. The Kier molecular flexibility index (Phi) is 3.05. The molecule has 3 rings (SSSR count). The van der Waals surface area contributed by atoms with Crippen LogP contribution in [0.15, 0.2) is 36.5 Å². The topological polar surface area (TPSA) is 59.5 Å². The molecule has 19 heavy (non-hydrogen) atoms. The number of carbonyl (C=O) groups is 1. The third-order valence-electron chi connectivity index (χ3n) is 3.03. The minimum Gasteiger partial charge on any atom is -0.363 e. The Hall–Kier alpha value is -2.14. The Morgan fingerprint density at radius 2 is 2.21 bits per heavy atom. The number of carbonyl (C=O) groups excluding carboxylic acids is 1. The number of aryl methyl sites for hydroxylation is 1. The molecule has 1 fully saturated rings. The molecule has 2 aromatic rings. The average molecular weight is 257 g/mol. The van der Waals surface area contributed by atoms with Crippen LogP contribution in [0, 0.1) is 0 Å². The normalized spacial score (nSPS) is 17.2. The molecule has 1 atom stereocenters. The van der Waals surface area contributed by atoms with Gasteiger partial charge in [0, 0.05) is 30.9 Å². The standard InChI is InChI=1S/C14H15N3O2/c1-17-8-11(7-15-14(18)12-9-19-12)13(16-17)10-5-3-2-4-6-10/h2-6,8,12H,7,9H2,1H3,(H,15,18). The molecule has 0 saturated carbocycles. The van der Waals surface area contributed by atoms with Crippen LogP contribution in [0.5, 0.6) is 0 Å². The van der Waals surface area contributed by atoms with Gasteiger partial charge in [-0.15, -0.1) is 0 Å². The van der Waals surface area contributed by atoms with Crippen LogP contribution in [0.1, 0.15) is 5.56 Å². The third kappa shape index (κ3) is 2.66. The summed E-state index contributed by atoms with van der Waals surface area (Å²) < 4.78 is 6.71. The minimum absolute atomic E-state index is 0.0529. The van der Waals surface area contributed by atoms with E-state index in [0.717, 1.165) is 16.8 Å². The van der Waals surface area contributed by atoms with Gasteiger partial charge in [0.15, 0.2) is 6.10 Å². The quantitative estimate of drug-likeness (QED) is 0.834. The predicted octanol–water partition coefficient (Wildman–Crippen LogP) is 1.10. The molecule has 0 bridgehead atoms. The van der Waals surface area contributed by atoms with Crippen LogP contribution in [0.2, 0.25) is 0 Å². The van der Waals surface area contributed by atoms with Gasteiger partial charge in [0.1, 0.15) is 0 Å². The molecule has 98 valence electrons. The fourth-order valence-corrected chi connectivity index (χ4v) is 2.00. The Bertz CT molecular complexity index is 588. The van der Waals surface area contributed by atoms with Gasteiger partial charge < -0.3 is 10.1 Å². The second-order valence-corrected chi connectivity index (χ2v) is 4.58. The molecule has 0 spiro atoms. The fourth-order valence-electron chi connectivity index (χ4n) is 2.00. The summed E-state index contributed by atoms with van der Waals surface area (Å²) in [6.45, 7) is 1.00. The monoisotopic (exact) mass is 257 g/mol. The summed E-state index contributed by atoms with van der Waals surface area (Å²) >= 11 is 0. The van der Waals surface area contributed by atoms with Crippen molar-refractivity contribution in [2.45, 2.75) is 12.6 Å².